The number of thiazole rings is 1. The highest BCUT2D eigenvalue weighted by Gasteiger charge is 2.60. The average Bonchev–Trinajstić information content (AvgIpc) is 3.73. The fourth-order valence-electron chi connectivity index (χ4n) is 6.38. The normalized spacial score (nSPS) is 25.1. The van der Waals surface area contributed by atoms with E-state index in [1.807, 2.05) is 11.8 Å². The third kappa shape index (κ3) is 6.41. The minimum Gasteiger partial charge on any atom is -0.477 e. The highest BCUT2D eigenvalue weighted by atomic mass is 32.2. The number of hydrogen-bond donors (Lipinski definition) is 3. The van der Waals surface area contributed by atoms with Gasteiger partial charge in [0.15, 0.2) is 5.13 Å². The Morgan fingerprint density at radius 1 is 1.11 bits per heavy atom. The summed E-state index contributed by atoms with van der Waals surface area (Å²) in [6.45, 7) is 6.71. The number of nitrogens with one attached hydrogen (secondary N) is 1. The summed E-state index contributed by atoms with van der Waals surface area (Å²) in [7, 11) is 0. The van der Waals surface area contributed by atoms with Crippen LogP contribution >= 0.6 is 23.1 Å². The van der Waals surface area contributed by atoms with E-state index in [4.69, 9.17) is 9.47 Å². The summed E-state index contributed by atoms with van der Waals surface area (Å²) in [5.74, 6) is -3.25. The van der Waals surface area contributed by atoms with Gasteiger partial charge in [0.1, 0.15) is 11.4 Å². The number of esters is 1. The van der Waals surface area contributed by atoms with Crippen molar-refractivity contribution in [2.45, 2.75) is 56.9 Å². The molecule has 14 nitrogen and oxygen atoms in total. The predicted molar refractivity (Wildman–Crippen MR) is 171 cm³/mol. The van der Waals surface area contributed by atoms with Crippen LogP contribution in [0.15, 0.2) is 46.3 Å². The van der Waals surface area contributed by atoms with Crippen LogP contribution in [0.2, 0.25) is 0 Å². The molecule has 16 heteroatoms. The number of aromatic nitrogens is 1. The van der Waals surface area contributed by atoms with E-state index in [0.717, 1.165) is 0 Å². The smallest absolute Gasteiger partial charge is 0.412 e. The van der Waals surface area contributed by atoms with Crippen LogP contribution in [0.5, 0.6) is 0 Å². The van der Waals surface area contributed by atoms with E-state index in [1.54, 1.807) is 42.6 Å². The minimum absolute atomic E-state index is 0.0146. The van der Waals surface area contributed by atoms with E-state index < -0.39 is 36.3 Å². The van der Waals surface area contributed by atoms with Crippen molar-refractivity contribution in [3.63, 3.8) is 0 Å². The van der Waals surface area contributed by atoms with Gasteiger partial charge < -0.3 is 39.7 Å². The van der Waals surface area contributed by atoms with Crippen molar-refractivity contribution in [1.82, 2.24) is 20.1 Å². The lowest BCUT2D eigenvalue weighted by molar-refractivity contribution is -0.163. The van der Waals surface area contributed by atoms with Crippen molar-refractivity contribution in [3.8, 4) is 0 Å². The van der Waals surface area contributed by atoms with Crippen LogP contribution in [-0.2, 0) is 19.1 Å². The van der Waals surface area contributed by atoms with Crippen LogP contribution in [0, 0.1) is 11.8 Å². The van der Waals surface area contributed by atoms with Gasteiger partial charge in [0.25, 0.3) is 5.91 Å². The van der Waals surface area contributed by atoms with Crippen LogP contribution < -0.4 is 10.2 Å². The molecule has 0 bridgehead atoms. The number of carbonyl (C=O) groups excluding carboxylic acids is 4. The number of β-lactam (4-membered cyclic amide) rings is 1. The molecule has 47 heavy (non-hydrogen) atoms. The van der Waals surface area contributed by atoms with Crippen molar-refractivity contribution in [3.05, 3.63) is 57.6 Å². The number of carboxylic acids is 1. The Morgan fingerprint density at radius 2 is 1.83 bits per heavy atom. The van der Waals surface area contributed by atoms with Crippen molar-refractivity contribution in [2.75, 3.05) is 31.1 Å². The Balaban J connectivity index is 0.960. The maximum Gasteiger partial charge on any atom is 0.412 e. The third-order valence-electron chi connectivity index (χ3n) is 8.78. The molecule has 4 aliphatic heterocycles. The van der Waals surface area contributed by atoms with Crippen LogP contribution in [0.4, 0.5) is 9.93 Å². The van der Waals surface area contributed by atoms with Crippen LogP contribution in [0.25, 0.3) is 0 Å². The summed E-state index contributed by atoms with van der Waals surface area (Å²) in [5, 5.41) is 25.3. The van der Waals surface area contributed by atoms with Crippen molar-refractivity contribution in [1.29, 1.82) is 0 Å². The summed E-state index contributed by atoms with van der Waals surface area (Å²) in [5.41, 5.74) is 0.621. The van der Waals surface area contributed by atoms with E-state index >= 15 is 0 Å². The van der Waals surface area contributed by atoms with Gasteiger partial charge in [-0.2, -0.15) is 0 Å². The molecule has 1 aromatic carbocycles. The summed E-state index contributed by atoms with van der Waals surface area (Å²) in [6.07, 6.45) is -2.06. The molecular formula is C31H35N5O9S2. The molecular weight excluding hydrogens is 651 g/mol. The first-order valence-corrected chi connectivity index (χ1v) is 17.1. The van der Waals surface area contributed by atoms with Crippen LogP contribution in [0.3, 0.4) is 0 Å². The van der Waals surface area contributed by atoms with Gasteiger partial charge in [-0.3, -0.25) is 9.59 Å². The lowest BCUT2D eigenvalue weighted by atomic mass is 9.79. The molecule has 5 heterocycles. The molecule has 0 aliphatic carbocycles. The zero-order valence-electron chi connectivity index (χ0n) is 25.9. The number of hydrogen-bond acceptors (Lipinski definition) is 12. The maximum absolute atomic E-state index is 13.0. The van der Waals surface area contributed by atoms with E-state index in [9.17, 15) is 34.2 Å². The molecule has 6 rings (SSSR count). The van der Waals surface area contributed by atoms with Gasteiger partial charge in [0, 0.05) is 60.6 Å². The van der Waals surface area contributed by atoms with Gasteiger partial charge in [-0.05, 0) is 25.5 Å². The molecule has 0 spiro atoms. The molecule has 1 aromatic heterocycles. The van der Waals surface area contributed by atoms with E-state index in [-0.39, 0.29) is 53.0 Å². The van der Waals surface area contributed by atoms with Gasteiger partial charge in [0.05, 0.1) is 23.6 Å². The predicted octanol–water partition coefficient (Wildman–Crippen LogP) is 2.36. The van der Waals surface area contributed by atoms with Gasteiger partial charge in [-0.15, -0.1) is 23.1 Å². The molecule has 6 atom stereocenters. The SMILES string of the molecule is CC(OC(=O)c1ccccc1)OC(=O)N1CC[C@H](NC(=O)c2csc(N3CC(SC4=C(C(=O)O)N5C(=O)[C@H]([C@@H](C)O)[C@H]5[C@H]4C)C3)n2)C1. The number of ether oxygens (including phenoxy) is 2. The second-order valence-corrected chi connectivity index (χ2v) is 14.2. The molecule has 3 amide bonds. The quantitative estimate of drug-likeness (QED) is 0.189. The van der Waals surface area contributed by atoms with Crippen LogP contribution in [-0.4, -0.2) is 111 Å². The number of rotatable bonds is 10. The fourth-order valence-corrected chi connectivity index (χ4v) is 8.72. The topological polar surface area (TPSA) is 179 Å². The number of carbonyl (C=O) groups is 5. The zero-order chi connectivity index (χ0) is 33.6. The Morgan fingerprint density at radius 3 is 2.51 bits per heavy atom. The molecule has 2 aromatic rings. The lowest BCUT2D eigenvalue weighted by Crippen LogP contribution is -2.63. The number of benzene rings is 1. The second kappa shape index (κ2) is 13.2. The Bertz CT molecular complexity index is 1610. The number of aliphatic hydroxyl groups is 1. The summed E-state index contributed by atoms with van der Waals surface area (Å²) >= 11 is 2.79. The third-order valence-corrected chi connectivity index (χ3v) is 11.1. The van der Waals surface area contributed by atoms with Gasteiger partial charge >= 0.3 is 18.0 Å². The van der Waals surface area contributed by atoms with E-state index in [0.29, 0.717) is 41.7 Å². The molecule has 3 N–H and O–H groups in total. The first-order valence-electron chi connectivity index (χ1n) is 15.3. The number of nitrogens with zero attached hydrogens (tertiary/aromatic N) is 4. The van der Waals surface area contributed by atoms with E-state index in [1.165, 1.54) is 39.8 Å². The largest absolute Gasteiger partial charge is 0.477 e. The van der Waals surface area contributed by atoms with Crippen molar-refractivity contribution in [2.24, 2.45) is 11.8 Å². The summed E-state index contributed by atoms with van der Waals surface area (Å²) < 4.78 is 10.5. The standard InChI is InChI=1S/C31H35N5O9S2/c1-15-23-22(16(2)37)27(39)36(23)24(28(40)41)25(15)47-20-12-35(13-20)30-33-21(14-46-30)26(38)32-19-9-10-34(11-19)31(43)45-17(3)44-29(42)18-7-5-4-6-8-18/h4-8,14-17,19-20,22-23,37H,9-13H2,1-3H3,(H,32,38)(H,40,41)/t15-,16-,17?,19+,22-,23-/m1/s1. The minimum atomic E-state index is -1.15. The average molecular weight is 686 g/mol. The highest BCUT2D eigenvalue weighted by Crippen LogP contribution is 2.52. The molecule has 0 radical (unpaired) electrons. The Hall–Kier alpha value is -4.15. The molecule has 4 aliphatic rings. The summed E-state index contributed by atoms with van der Waals surface area (Å²) in [4.78, 5) is 72.4. The number of fused-ring (bicyclic) bond motifs is 1. The highest BCUT2D eigenvalue weighted by molar-refractivity contribution is 8.03. The number of carboxylic acid groups (broad SMARTS) is 1. The first-order chi connectivity index (χ1) is 22.4. The number of amides is 3. The van der Waals surface area contributed by atoms with Gasteiger partial charge in [0.2, 0.25) is 12.2 Å². The first kappa shape index (κ1) is 32.8. The number of aliphatic hydroxyl groups excluding tert-OH is 1. The monoisotopic (exact) mass is 685 g/mol. The van der Waals surface area contributed by atoms with E-state index in [2.05, 4.69) is 10.3 Å². The number of likely N-dealkylation sites (tertiary alicyclic amines) is 1. The number of aliphatic carboxylic acids is 1. The van der Waals surface area contributed by atoms with Gasteiger partial charge in [-0.25, -0.2) is 19.4 Å². The summed E-state index contributed by atoms with van der Waals surface area (Å²) in [6, 6.07) is 7.74. The molecule has 1 unspecified atom stereocenters. The number of thioether (sulfide) groups is 1. The van der Waals surface area contributed by atoms with Gasteiger partial charge in [-0.1, -0.05) is 25.1 Å². The molecule has 3 saturated heterocycles. The van der Waals surface area contributed by atoms with Crippen molar-refractivity contribution >= 4 is 58.1 Å². The zero-order valence-corrected chi connectivity index (χ0v) is 27.5. The second-order valence-electron chi connectivity index (χ2n) is 12.1. The molecule has 0 saturated carbocycles. The molecule has 250 valence electrons. The fraction of sp³-hybridized carbons (Fsp3) is 0.484. The van der Waals surface area contributed by atoms with Crippen molar-refractivity contribution < 1.29 is 43.7 Å². The maximum atomic E-state index is 13.0. The lowest BCUT2D eigenvalue weighted by Gasteiger charge is -2.46. The number of anilines is 1. The molecule has 3 fully saturated rings. The Kier molecular flexibility index (Phi) is 9.18. The Labute approximate surface area is 278 Å². The van der Waals surface area contributed by atoms with Crippen LogP contribution in [0.1, 0.15) is 48.0 Å².